The Morgan fingerprint density at radius 3 is 2.82 bits per heavy atom. The lowest BCUT2D eigenvalue weighted by Crippen LogP contribution is -2.37. The first-order valence-electron chi connectivity index (χ1n) is 7.36. The number of likely N-dealkylation sites (N-methyl/N-ethyl adjacent to an activating group) is 1. The average Bonchev–Trinajstić information content (AvgIpc) is 2.54. The smallest absolute Gasteiger partial charge is 0.203 e. The molecule has 1 aliphatic rings. The SMILES string of the molecule is Cc1ccc(C)c(NC2=NC=CC(c3cccnc3)N2C)c1. The summed E-state index contributed by atoms with van der Waals surface area (Å²) in [5.74, 6) is 0.838. The highest BCUT2D eigenvalue weighted by Crippen LogP contribution is 2.25. The van der Waals surface area contributed by atoms with Crippen molar-refractivity contribution < 1.29 is 0 Å². The quantitative estimate of drug-likeness (QED) is 0.918. The van der Waals surface area contributed by atoms with Crippen LogP contribution in [0.1, 0.15) is 22.7 Å². The maximum Gasteiger partial charge on any atom is 0.203 e. The van der Waals surface area contributed by atoms with Crippen molar-refractivity contribution in [3.8, 4) is 0 Å². The number of pyridine rings is 1. The Kier molecular flexibility index (Phi) is 3.92. The lowest BCUT2D eigenvalue weighted by Gasteiger charge is -2.31. The first-order valence-corrected chi connectivity index (χ1v) is 7.36. The van der Waals surface area contributed by atoms with Crippen LogP contribution in [0.25, 0.3) is 0 Å². The van der Waals surface area contributed by atoms with E-state index in [-0.39, 0.29) is 6.04 Å². The molecule has 1 aromatic heterocycles. The molecular weight excluding hydrogens is 272 g/mol. The van der Waals surface area contributed by atoms with E-state index in [4.69, 9.17) is 0 Å². The van der Waals surface area contributed by atoms with Gasteiger partial charge in [0, 0.05) is 31.3 Å². The van der Waals surface area contributed by atoms with Crippen LogP contribution in [0.2, 0.25) is 0 Å². The molecule has 0 spiro atoms. The summed E-state index contributed by atoms with van der Waals surface area (Å²) in [5.41, 5.74) is 4.67. The molecule has 0 bridgehead atoms. The molecule has 0 fully saturated rings. The standard InChI is InChI=1S/C18H20N4/c1-13-6-7-14(2)16(11-13)21-18-20-10-8-17(22(18)3)15-5-4-9-19-12-15/h4-12,17H,1-3H3,(H,20,21). The largest absolute Gasteiger partial charge is 0.335 e. The number of hydrogen-bond donors (Lipinski definition) is 1. The molecule has 1 atom stereocenters. The summed E-state index contributed by atoms with van der Waals surface area (Å²) in [6, 6.07) is 10.6. The molecule has 1 aromatic carbocycles. The minimum Gasteiger partial charge on any atom is -0.335 e. The first kappa shape index (κ1) is 14.3. The van der Waals surface area contributed by atoms with Crippen molar-refractivity contribution in [3.63, 3.8) is 0 Å². The number of guanidine groups is 1. The number of nitrogens with one attached hydrogen (secondary N) is 1. The Hall–Kier alpha value is -2.62. The monoisotopic (exact) mass is 292 g/mol. The van der Waals surface area contributed by atoms with Gasteiger partial charge in [0.25, 0.3) is 0 Å². The molecule has 1 unspecified atom stereocenters. The Morgan fingerprint density at radius 1 is 1.18 bits per heavy atom. The van der Waals surface area contributed by atoms with Crippen molar-refractivity contribution >= 4 is 11.6 Å². The minimum absolute atomic E-state index is 0.138. The van der Waals surface area contributed by atoms with E-state index in [1.165, 1.54) is 11.1 Å². The lowest BCUT2D eigenvalue weighted by atomic mass is 10.1. The first-order chi connectivity index (χ1) is 10.6. The zero-order chi connectivity index (χ0) is 15.5. The van der Waals surface area contributed by atoms with Gasteiger partial charge in [-0.25, -0.2) is 4.99 Å². The van der Waals surface area contributed by atoms with Crippen LogP contribution in [-0.2, 0) is 0 Å². The van der Waals surface area contributed by atoms with Crippen molar-refractivity contribution in [1.29, 1.82) is 0 Å². The zero-order valence-corrected chi connectivity index (χ0v) is 13.1. The minimum atomic E-state index is 0.138. The van der Waals surface area contributed by atoms with E-state index in [1.54, 1.807) is 6.20 Å². The summed E-state index contributed by atoms with van der Waals surface area (Å²) in [7, 11) is 2.04. The van der Waals surface area contributed by atoms with Gasteiger partial charge in [-0.05, 0) is 48.7 Å². The topological polar surface area (TPSA) is 40.5 Å². The van der Waals surface area contributed by atoms with Crippen LogP contribution in [0.15, 0.2) is 60.0 Å². The summed E-state index contributed by atoms with van der Waals surface area (Å²) in [5, 5.41) is 3.44. The summed E-state index contributed by atoms with van der Waals surface area (Å²) in [6.45, 7) is 4.19. The van der Waals surface area contributed by atoms with E-state index in [9.17, 15) is 0 Å². The zero-order valence-electron chi connectivity index (χ0n) is 13.1. The Labute approximate surface area is 131 Å². The second-order valence-corrected chi connectivity index (χ2v) is 5.58. The van der Waals surface area contributed by atoms with Crippen LogP contribution < -0.4 is 5.32 Å². The van der Waals surface area contributed by atoms with Gasteiger partial charge >= 0.3 is 0 Å². The van der Waals surface area contributed by atoms with Crippen molar-refractivity contribution in [3.05, 3.63) is 71.7 Å². The average molecular weight is 292 g/mol. The van der Waals surface area contributed by atoms with Gasteiger partial charge in [-0.1, -0.05) is 18.2 Å². The Morgan fingerprint density at radius 2 is 2.05 bits per heavy atom. The molecular formula is C18H20N4. The third kappa shape index (κ3) is 2.86. The predicted molar refractivity (Wildman–Crippen MR) is 90.9 cm³/mol. The summed E-state index contributed by atoms with van der Waals surface area (Å²) in [6.07, 6.45) is 7.61. The number of benzene rings is 1. The van der Waals surface area contributed by atoms with Crippen LogP contribution in [-0.4, -0.2) is 22.9 Å². The van der Waals surface area contributed by atoms with Gasteiger partial charge < -0.3 is 10.2 Å². The number of nitrogens with zero attached hydrogens (tertiary/aromatic N) is 3. The molecule has 2 aromatic rings. The summed E-state index contributed by atoms with van der Waals surface area (Å²) >= 11 is 0. The van der Waals surface area contributed by atoms with Gasteiger partial charge in [0.15, 0.2) is 0 Å². The third-order valence-electron chi connectivity index (χ3n) is 3.88. The Balaban J connectivity index is 1.84. The lowest BCUT2D eigenvalue weighted by molar-refractivity contribution is 0.430. The molecule has 1 aliphatic heterocycles. The molecule has 0 saturated heterocycles. The van der Waals surface area contributed by atoms with Crippen LogP contribution >= 0.6 is 0 Å². The molecule has 2 heterocycles. The van der Waals surface area contributed by atoms with E-state index in [0.717, 1.165) is 17.2 Å². The number of anilines is 1. The van der Waals surface area contributed by atoms with E-state index in [2.05, 4.69) is 64.4 Å². The predicted octanol–water partition coefficient (Wildman–Crippen LogP) is 3.67. The van der Waals surface area contributed by atoms with Gasteiger partial charge in [0.2, 0.25) is 5.96 Å². The molecule has 0 aliphatic carbocycles. The molecule has 4 nitrogen and oxygen atoms in total. The molecule has 22 heavy (non-hydrogen) atoms. The number of aryl methyl sites for hydroxylation is 2. The molecule has 4 heteroatoms. The van der Waals surface area contributed by atoms with Crippen molar-refractivity contribution in [2.75, 3.05) is 12.4 Å². The van der Waals surface area contributed by atoms with Crippen molar-refractivity contribution in [2.24, 2.45) is 4.99 Å². The Bertz CT molecular complexity index is 719. The van der Waals surface area contributed by atoms with Gasteiger partial charge in [-0.3, -0.25) is 4.98 Å². The maximum atomic E-state index is 4.48. The molecule has 3 rings (SSSR count). The fourth-order valence-corrected chi connectivity index (χ4v) is 2.54. The van der Waals surface area contributed by atoms with E-state index in [1.807, 2.05) is 25.5 Å². The summed E-state index contributed by atoms with van der Waals surface area (Å²) < 4.78 is 0. The maximum absolute atomic E-state index is 4.48. The molecule has 0 radical (unpaired) electrons. The normalized spacial score (nSPS) is 17.3. The molecule has 0 saturated carbocycles. The van der Waals surface area contributed by atoms with Gasteiger partial charge in [-0.15, -0.1) is 0 Å². The van der Waals surface area contributed by atoms with Crippen LogP contribution in [0, 0.1) is 13.8 Å². The number of aliphatic imine (C=N–C) groups is 1. The van der Waals surface area contributed by atoms with Crippen LogP contribution in [0.3, 0.4) is 0 Å². The van der Waals surface area contributed by atoms with Crippen LogP contribution in [0.5, 0.6) is 0 Å². The molecule has 112 valence electrons. The second-order valence-electron chi connectivity index (χ2n) is 5.58. The second kappa shape index (κ2) is 6.02. The van der Waals surface area contributed by atoms with E-state index in [0.29, 0.717) is 0 Å². The fraction of sp³-hybridized carbons (Fsp3) is 0.222. The molecule has 1 N–H and O–H groups in total. The highest BCUT2D eigenvalue weighted by molar-refractivity contribution is 5.95. The van der Waals surface area contributed by atoms with E-state index < -0.39 is 0 Å². The number of aromatic nitrogens is 1. The van der Waals surface area contributed by atoms with Gasteiger partial charge in [0.1, 0.15) is 0 Å². The van der Waals surface area contributed by atoms with E-state index >= 15 is 0 Å². The fourth-order valence-electron chi connectivity index (χ4n) is 2.54. The van der Waals surface area contributed by atoms with Crippen LogP contribution in [0.4, 0.5) is 5.69 Å². The highest BCUT2D eigenvalue weighted by atomic mass is 15.3. The summed E-state index contributed by atoms with van der Waals surface area (Å²) in [4.78, 5) is 10.8. The van der Waals surface area contributed by atoms with Crippen molar-refractivity contribution in [2.45, 2.75) is 19.9 Å². The number of hydrogen-bond acceptors (Lipinski definition) is 4. The molecule has 0 amide bonds. The van der Waals surface area contributed by atoms with Crippen molar-refractivity contribution in [1.82, 2.24) is 9.88 Å². The van der Waals surface area contributed by atoms with Gasteiger partial charge in [0.05, 0.1) is 6.04 Å². The number of rotatable bonds is 2. The van der Waals surface area contributed by atoms with Gasteiger partial charge in [-0.2, -0.15) is 0 Å². The third-order valence-corrected chi connectivity index (χ3v) is 3.88. The highest BCUT2D eigenvalue weighted by Gasteiger charge is 2.21.